The first-order valence-corrected chi connectivity index (χ1v) is 5.58. The lowest BCUT2D eigenvalue weighted by Crippen LogP contribution is -2.22. The summed E-state index contributed by atoms with van der Waals surface area (Å²) in [6, 6.07) is 1.77. The predicted octanol–water partition coefficient (Wildman–Crippen LogP) is 1.69. The third kappa shape index (κ3) is 2.50. The minimum atomic E-state index is 0.212. The highest BCUT2D eigenvalue weighted by molar-refractivity contribution is 6.21. The first kappa shape index (κ1) is 10.5. The third-order valence-corrected chi connectivity index (χ3v) is 2.68. The Morgan fingerprint density at radius 3 is 3.20 bits per heavy atom. The van der Waals surface area contributed by atoms with Crippen LogP contribution < -0.4 is 9.64 Å². The second-order valence-corrected chi connectivity index (χ2v) is 4.08. The van der Waals surface area contributed by atoms with Gasteiger partial charge >= 0.3 is 0 Å². The number of hydrogen-bond donors (Lipinski definition) is 0. The van der Waals surface area contributed by atoms with Gasteiger partial charge in [-0.3, -0.25) is 0 Å². The van der Waals surface area contributed by atoms with Crippen molar-refractivity contribution in [3.63, 3.8) is 0 Å². The van der Waals surface area contributed by atoms with Gasteiger partial charge in [-0.05, 0) is 13.3 Å². The fourth-order valence-electron chi connectivity index (χ4n) is 1.61. The average Bonchev–Trinajstić information content (AvgIpc) is 2.66. The Hall–Kier alpha value is -1.03. The zero-order valence-corrected chi connectivity index (χ0v) is 9.44. The van der Waals surface area contributed by atoms with Crippen LogP contribution in [-0.2, 0) is 0 Å². The van der Waals surface area contributed by atoms with E-state index in [1.807, 2.05) is 6.92 Å². The van der Waals surface area contributed by atoms with Crippen LogP contribution in [0.25, 0.3) is 0 Å². The lowest BCUT2D eigenvalue weighted by Gasteiger charge is -2.15. The van der Waals surface area contributed by atoms with Crippen molar-refractivity contribution >= 4 is 17.5 Å². The van der Waals surface area contributed by atoms with E-state index in [9.17, 15) is 0 Å². The Bertz CT molecular complexity index is 334. The van der Waals surface area contributed by atoms with Gasteiger partial charge in [-0.2, -0.15) is 4.98 Å². The summed E-state index contributed by atoms with van der Waals surface area (Å²) in [5.74, 6) is 1.34. The molecule has 1 aliphatic rings. The van der Waals surface area contributed by atoms with Gasteiger partial charge in [-0.15, -0.1) is 11.6 Å². The summed E-state index contributed by atoms with van der Waals surface area (Å²) >= 11 is 6.03. The maximum Gasteiger partial charge on any atom is 0.228 e. The van der Waals surface area contributed by atoms with E-state index in [0.29, 0.717) is 18.4 Å². The summed E-state index contributed by atoms with van der Waals surface area (Å²) in [5.41, 5.74) is 0. The van der Waals surface area contributed by atoms with Gasteiger partial charge < -0.3 is 9.64 Å². The molecule has 0 aromatic carbocycles. The smallest absolute Gasteiger partial charge is 0.228 e. The largest absolute Gasteiger partial charge is 0.478 e. The summed E-state index contributed by atoms with van der Waals surface area (Å²) in [4.78, 5) is 10.6. The quantitative estimate of drug-likeness (QED) is 0.737. The Labute approximate surface area is 94.2 Å². The van der Waals surface area contributed by atoms with E-state index in [1.54, 1.807) is 12.3 Å². The number of anilines is 1. The zero-order valence-electron chi connectivity index (χ0n) is 8.69. The highest BCUT2D eigenvalue weighted by atomic mass is 35.5. The second kappa shape index (κ2) is 4.66. The van der Waals surface area contributed by atoms with Crippen LogP contribution in [0.3, 0.4) is 0 Å². The Morgan fingerprint density at radius 2 is 2.53 bits per heavy atom. The van der Waals surface area contributed by atoms with Crippen molar-refractivity contribution in [2.24, 2.45) is 0 Å². The predicted molar refractivity (Wildman–Crippen MR) is 59.7 cm³/mol. The van der Waals surface area contributed by atoms with Crippen LogP contribution in [0.1, 0.15) is 13.3 Å². The molecule has 0 N–H and O–H groups in total. The van der Waals surface area contributed by atoms with Crippen molar-refractivity contribution in [1.82, 2.24) is 9.97 Å². The standard InChI is InChI=1S/C10H14ClN3O/c1-2-15-9-3-5-12-10(13-9)14-6-4-8(11)7-14/h3,5,8H,2,4,6-7H2,1H3. The molecule has 1 aromatic rings. The molecule has 82 valence electrons. The average molecular weight is 228 g/mol. The normalized spacial score (nSPS) is 20.7. The van der Waals surface area contributed by atoms with Crippen LogP contribution in [0, 0.1) is 0 Å². The maximum atomic E-state index is 6.03. The molecule has 0 saturated carbocycles. The molecule has 1 saturated heterocycles. The molecule has 1 aliphatic heterocycles. The second-order valence-electron chi connectivity index (χ2n) is 3.46. The van der Waals surface area contributed by atoms with E-state index < -0.39 is 0 Å². The monoisotopic (exact) mass is 227 g/mol. The van der Waals surface area contributed by atoms with Gasteiger partial charge in [0.25, 0.3) is 0 Å². The van der Waals surface area contributed by atoms with Crippen LogP contribution >= 0.6 is 11.6 Å². The molecule has 1 atom stereocenters. The lowest BCUT2D eigenvalue weighted by molar-refractivity contribution is 0.326. The van der Waals surface area contributed by atoms with E-state index in [0.717, 1.165) is 19.5 Å². The van der Waals surface area contributed by atoms with Crippen LogP contribution in [-0.4, -0.2) is 35.0 Å². The highest BCUT2D eigenvalue weighted by Crippen LogP contribution is 2.20. The molecule has 0 amide bonds. The molecule has 1 aromatic heterocycles. The van der Waals surface area contributed by atoms with Gasteiger partial charge in [-0.1, -0.05) is 0 Å². The topological polar surface area (TPSA) is 38.2 Å². The van der Waals surface area contributed by atoms with Crippen LogP contribution in [0.5, 0.6) is 5.88 Å². The first-order valence-electron chi connectivity index (χ1n) is 5.14. The number of aromatic nitrogens is 2. The van der Waals surface area contributed by atoms with Crippen LogP contribution in [0.4, 0.5) is 5.95 Å². The summed E-state index contributed by atoms with van der Waals surface area (Å²) < 4.78 is 5.32. The van der Waals surface area contributed by atoms with E-state index in [-0.39, 0.29) is 5.38 Å². The molecule has 4 nitrogen and oxygen atoms in total. The minimum Gasteiger partial charge on any atom is -0.478 e. The number of rotatable bonds is 3. The number of halogens is 1. The molecule has 2 rings (SSSR count). The Kier molecular flexibility index (Phi) is 3.26. The fraction of sp³-hybridized carbons (Fsp3) is 0.600. The molecule has 1 unspecified atom stereocenters. The van der Waals surface area contributed by atoms with Crippen molar-refractivity contribution < 1.29 is 4.74 Å². The number of ether oxygens (including phenoxy) is 1. The highest BCUT2D eigenvalue weighted by Gasteiger charge is 2.22. The van der Waals surface area contributed by atoms with E-state index in [4.69, 9.17) is 16.3 Å². The number of hydrogen-bond acceptors (Lipinski definition) is 4. The van der Waals surface area contributed by atoms with Gasteiger partial charge in [0.1, 0.15) is 0 Å². The van der Waals surface area contributed by atoms with Crippen LogP contribution in [0.2, 0.25) is 0 Å². The van der Waals surface area contributed by atoms with Gasteiger partial charge in [0.15, 0.2) is 0 Å². The molecule has 0 aliphatic carbocycles. The number of nitrogens with zero attached hydrogens (tertiary/aromatic N) is 3. The summed E-state index contributed by atoms with van der Waals surface area (Å²) in [7, 11) is 0. The van der Waals surface area contributed by atoms with E-state index in [1.165, 1.54) is 0 Å². The van der Waals surface area contributed by atoms with E-state index in [2.05, 4.69) is 14.9 Å². The van der Waals surface area contributed by atoms with Gasteiger partial charge in [0.05, 0.1) is 12.0 Å². The van der Waals surface area contributed by atoms with E-state index >= 15 is 0 Å². The molecule has 1 fully saturated rings. The third-order valence-electron chi connectivity index (χ3n) is 2.32. The van der Waals surface area contributed by atoms with Gasteiger partial charge in [0.2, 0.25) is 11.8 Å². The molecular weight excluding hydrogens is 214 g/mol. The Balaban J connectivity index is 2.10. The fourth-order valence-corrected chi connectivity index (χ4v) is 1.88. The lowest BCUT2D eigenvalue weighted by atomic mass is 10.4. The van der Waals surface area contributed by atoms with Gasteiger partial charge in [0, 0.05) is 25.4 Å². The summed E-state index contributed by atoms with van der Waals surface area (Å²) in [6.07, 6.45) is 2.71. The van der Waals surface area contributed by atoms with Crippen molar-refractivity contribution in [2.75, 3.05) is 24.6 Å². The molecule has 0 bridgehead atoms. The zero-order chi connectivity index (χ0) is 10.7. The molecule has 0 radical (unpaired) electrons. The van der Waals surface area contributed by atoms with Crippen molar-refractivity contribution in [2.45, 2.75) is 18.7 Å². The SMILES string of the molecule is CCOc1ccnc(N2CCC(Cl)C2)n1. The van der Waals surface area contributed by atoms with Gasteiger partial charge in [-0.25, -0.2) is 4.98 Å². The molecule has 15 heavy (non-hydrogen) atoms. The molecular formula is C10H14ClN3O. The Morgan fingerprint density at radius 1 is 1.67 bits per heavy atom. The molecule has 0 spiro atoms. The molecule has 5 heteroatoms. The molecule has 2 heterocycles. The van der Waals surface area contributed by atoms with Crippen molar-refractivity contribution in [3.05, 3.63) is 12.3 Å². The summed E-state index contributed by atoms with van der Waals surface area (Å²) in [5, 5.41) is 0.212. The summed E-state index contributed by atoms with van der Waals surface area (Å²) in [6.45, 7) is 4.29. The van der Waals surface area contributed by atoms with Crippen molar-refractivity contribution in [1.29, 1.82) is 0 Å². The van der Waals surface area contributed by atoms with Crippen molar-refractivity contribution in [3.8, 4) is 5.88 Å². The maximum absolute atomic E-state index is 6.03. The minimum absolute atomic E-state index is 0.212. The number of alkyl halides is 1. The first-order chi connectivity index (χ1) is 7.29. The van der Waals surface area contributed by atoms with Crippen LogP contribution in [0.15, 0.2) is 12.3 Å².